The Labute approximate surface area is 131 Å². The van der Waals surface area contributed by atoms with Crippen molar-refractivity contribution >= 4 is 0 Å². The molecule has 0 aliphatic heterocycles. The molecule has 0 aliphatic carbocycles. The summed E-state index contributed by atoms with van der Waals surface area (Å²) in [5, 5.41) is 0. The minimum Gasteiger partial charge on any atom is -0.324 e. The second kappa shape index (κ2) is 14.1. The van der Waals surface area contributed by atoms with Crippen molar-refractivity contribution in [2.24, 2.45) is 0 Å². The van der Waals surface area contributed by atoms with Crippen LogP contribution in [0, 0.1) is 0 Å². The quantitative estimate of drug-likeness (QED) is 0.347. The maximum atomic E-state index is 2.33. The summed E-state index contributed by atoms with van der Waals surface area (Å²) in [6, 6.07) is 0. The number of hydrogen-bond donors (Lipinski definition) is 0. The topological polar surface area (TPSA) is 0 Å². The van der Waals surface area contributed by atoms with E-state index < -0.39 is 0 Å². The molecule has 0 radical (unpaired) electrons. The summed E-state index contributed by atoms with van der Waals surface area (Å²) in [6.07, 6.45) is 11.1. The van der Waals surface area contributed by atoms with E-state index in [2.05, 4.69) is 27.7 Å². The Balaban J connectivity index is 0. The van der Waals surface area contributed by atoms with E-state index in [9.17, 15) is 0 Å². The number of hydrogen-bond acceptors (Lipinski definition) is 0. The average molecular weight is 338 g/mol. The summed E-state index contributed by atoms with van der Waals surface area (Å²) in [5.74, 6) is 0. The van der Waals surface area contributed by atoms with Crippen LogP contribution in [0.1, 0.15) is 79.1 Å². The third kappa shape index (κ3) is 9.56. The molecule has 0 atom stereocenters. The smallest absolute Gasteiger partial charge is 0.0786 e. The van der Waals surface area contributed by atoms with E-state index in [-0.39, 0.29) is 21.1 Å². The van der Waals surface area contributed by atoms with Crippen molar-refractivity contribution in [1.82, 2.24) is 0 Å². The fraction of sp³-hybridized carbons (Fsp3) is 1.00. The molecule has 0 bridgehead atoms. The zero-order chi connectivity index (χ0) is 13.0. The molecule has 0 heterocycles. The molecule has 0 N–H and O–H groups in total. The third-order valence-electron chi connectivity index (χ3n) is 3.94. The first-order valence-corrected chi connectivity index (χ1v) is 8.09. The molecule has 0 spiro atoms. The second-order valence-electron chi connectivity index (χ2n) is 5.65. The van der Waals surface area contributed by atoms with Gasteiger partial charge in [0, 0.05) is 21.1 Å². The number of nitrogens with zero attached hydrogens (tertiary/aromatic N) is 1. The van der Waals surface area contributed by atoms with Gasteiger partial charge in [0.05, 0.1) is 26.2 Å². The van der Waals surface area contributed by atoms with Gasteiger partial charge < -0.3 is 4.48 Å². The summed E-state index contributed by atoms with van der Waals surface area (Å²) in [5.41, 5.74) is 0. The van der Waals surface area contributed by atoms with Crippen molar-refractivity contribution in [1.29, 1.82) is 0 Å². The van der Waals surface area contributed by atoms with Gasteiger partial charge in [-0.15, -0.1) is 0 Å². The molecule has 0 amide bonds. The average Bonchev–Trinajstić information content (AvgIpc) is 2.37. The second-order valence-corrected chi connectivity index (χ2v) is 5.65. The van der Waals surface area contributed by atoms with Gasteiger partial charge in [0.2, 0.25) is 0 Å². The normalized spacial score (nSPS) is 11.3. The van der Waals surface area contributed by atoms with E-state index in [1.54, 1.807) is 0 Å². The largest absolute Gasteiger partial charge is 0.324 e. The van der Waals surface area contributed by atoms with E-state index in [4.69, 9.17) is 0 Å². The fourth-order valence-corrected chi connectivity index (χ4v) is 2.64. The van der Waals surface area contributed by atoms with E-state index >= 15 is 0 Å². The van der Waals surface area contributed by atoms with Crippen LogP contribution in [0.4, 0.5) is 0 Å². The maximum absolute atomic E-state index is 2.33. The van der Waals surface area contributed by atoms with Crippen molar-refractivity contribution in [3.05, 3.63) is 0 Å². The SMILES string of the molecule is CCCC[N+](CCCC)(CCCC)CCCC.[Mo]. The predicted octanol–water partition coefficient (Wildman–Crippen LogP) is 5.00. The van der Waals surface area contributed by atoms with Crippen LogP contribution in [0.15, 0.2) is 0 Å². The molecule has 110 valence electrons. The van der Waals surface area contributed by atoms with E-state index in [1.807, 2.05) is 0 Å². The molecule has 0 aliphatic rings. The van der Waals surface area contributed by atoms with Crippen LogP contribution < -0.4 is 0 Å². The molecule has 1 nitrogen and oxygen atoms in total. The summed E-state index contributed by atoms with van der Waals surface area (Å²) >= 11 is 0. The number of unbranched alkanes of at least 4 members (excludes halogenated alkanes) is 4. The van der Waals surface area contributed by atoms with Crippen molar-refractivity contribution in [3.63, 3.8) is 0 Å². The zero-order valence-corrected chi connectivity index (χ0v) is 15.3. The number of quaternary nitrogens is 1. The van der Waals surface area contributed by atoms with Gasteiger partial charge in [-0.1, -0.05) is 53.4 Å². The van der Waals surface area contributed by atoms with Gasteiger partial charge in [0.15, 0.2) is 0 Å². The first kappa shape index (κ1) is 21.0. The first-order chi connectivity index (χ1) is 8.24. The molecule has 2 heteroatoms. The molecule has 0 aromatic carbocycles. The standard InChI is InChI=1S/C16H36N.Mo/c1-5-9-13-17(14-10-6-2,15-11-7-3)16-12-8-4;/h5-16H2,1-4H3;/q+1;. The Kier molecular flexibility index (Phi) is 16.4. The fourth-order valence-electron chi connectivity index (χ4n) is 2.64. The van der Waals surface area contributed by atoms with Gasteiger partial charge in [0.1, 0.15) is 0 Å². The van der Waals surface area contributed by atoms with Crippen LogP contribution in [-0.2, 0) is 21.1 Å². The first-order valence-electron chi connectivity index (χ1n) is 8.09. The summed E-state index contributed by atoms with van der Waals surface area (Å²) in [4.78, 5) is 0. The Morgan fingerprint density at radius 3 is 0.889 bits per heavy atom. The number of rotatable bonds is 12. The van der Waals surface area contributed by atoms with E-state index in [1.165, 1.54) is 82.0 Å². The van der Waals surface area contributed by atoms with Crippen molar-refractivity contribution in [2.45, 2.75) is 79.1 Å². The molecule has 0 fully saturated rings. The Morgan fingerprint density at radius 1 is 0.500 bits per heavy atom. The van der Waals surface area contributed by atoms with Gasteiger partial charge in [0.25, 0.3) is 0 Å². The van der Waals surface area contributed by atoms with Gasteiger partial charge in [-0.25, -0.2) is 0 Å². The molecule has 0 rings (SSSR count). The van der Waals surface area contributed by atoms with Crippen LogP contribution in [0.5, 0.6) is 0 Å². The van der Waals surface area contributed by atoms with Crippen molar-refractivity contribution in [3.8, 4) is 0 Å². The summed E-state index contributed by atoms with van der Waals surface area (Å²) in [7, 11) is 0. The van der Waals surface area contributed by atoms with Crippen LogP contribution in [-0.4, -0.2) is 30.7 Å². The maximum Gasteiger partial charge on any atom is 0.0786 e. The Morgan fingerprint density at radius 2 is 0.722 bits per heavy atom. The molecular formula is C16H36MoN+. The van der Waals surface area contributed by atoms with Crippen LogP contribution >= 0.6 is 0 Å². The molecule has 18 heavy (non-hydrogen) atoms. The molecule has 0 unspecified atom stereocenters. The van der Waals surface area contributed by atoms with Crippen molar-refractivity contribution < 1.29 is 25.5 Å². The zero-order valence-electron chi connectivity index (χ0n) is 13.3. The van der Waals surface area contributed by atoms with E-state index in [0.29, 0.717) is 0 Å². The van der Waals surface area contributed by atoms with Crippen LogP contribution in [0.2, 0.25) is 0 Å². The molecule has 0 saturated heterocycles. The Bertz CT molecular complexity index is 122. The molecule has 0 saturated carbocycles. The van der Waals surface area contributed by atoms with Gasteiger partial charge >= 0.3 is 0 Å². The van der Waals surface area contributed by atoms with Gasteiger partial charge in [-0.05, 0) is 25.7 Å². The third-order valence-corrected chi connectivity index (χ3v) is 3.94. The van der Waals surface area contributed by atoms with Crippen LogP contribution in [0.25, 0.3) is 0 Å². The molecule has 0 aromatic rings. The Hall–Kier alpha value is 0.648. The minimum absolute atomic E-state index is 0. The van der Waals surface area contributed by atoms with Gasteiger partial charge in [-0.3, -0.25) is 0 Å². The molecular weight excluding hydrogens is 302 g/mol. The summed E-state index contributed by atoms with van der Waals surface area (Å²) < 4.78 is 1.42. The summed E-state index contributed by atoms with van der Waals surface area (Å²) in [6.45, 7) is 15.0. The van der Waals surface area contributed by atoms with Gasteiger partial charge in [-0.2, -0.15) is 0 Å². The van der Waals surface area contributed by atoms with Crippen molar-refractivity contribution in [2.75, 3.05) is 26.2 Å². The monoisotopic (exact) mass is 340 g/mol. The van der Waals surface area contributed by atoms with Crippen LogP contribution in [0.3, 0.4) is 0 Å². The van der Waals surface area contributed by atoms with E-state index in [0.717, 1.165) is 0 Å². The molecule has 0 aromatic heterocycles. The predicted molar refractivity (Wildman–Crippen MR) is 79.4 cm³/mol. The minimum atomic E-state index is 0.